The first kappa shape index (κ1) is 23.1. The number of carbonyl (C=O) groups excluding carboxylic acids is 1. The molecule has 1 aliphatic rings. The smallest absolute Gasteiger partial charge is 0.337 e. The molecule has 0 atom stereocenters. The van der Waals surface area contributed by atoms with Crippen LogP contribution in [-0.2, 0) is 16.1 Å². The Kier molecular flexibility index (Phi) is 6.56. The molecule has 0 heterocycles. The van der Waals surface area contributed by atoms with E-state index in [0.29, 0.717) is 25.7 Å². The lowest BCUT2D eigenvalue weighted by molar-refractivity contribution is -0.159. The van der Waals surface area contributed by atoms with Crippen LogP contribution in [-0.4, -0.2) is 23.1 Å². The van der Waals surface area contributed by atoms with Crippen molar-refractivity contribution in [3.63, 3.8) is 0 Å². The van der Waals surface area contributed by atoms with Gasteiger partial charge >= 0.3 is 11.9 Å². The van der Waals surface area contributed by atoms with Gasteiger partial charge in [0.1, 0.15) is 6.61 Å². The first-order valence-electron chi connectivity index (χ1n) is 10.8. The fraction of sp³-hybridized carbons (Fsp3) is 0.308. The van der Waals surface area contributed by atoms with E-state index in [9.17, 15) is 19.1 Å². The van der Waals surface area contributed by atoms with Crippen LogP contribution in [0.4, 0.5) is 4.39 Å². The SMILES string of the molecule is CC1(C(=O)OCc2cccc3ccccc23)CCC(Oc2cc(C(=O)O)c(Cl)cc2F)CC1. The average molecular weight is 471 g/mol. The van der Waals surface area contributed by atoms with E-state index < -0.39 is 17.2 Å². The number of hydrogen-bond acceptors (Lipinski definition) is 4. The topological polar surface area (TPSA) is 72.8 Å². The highest BCUT2D eigenvalue weighted by atomic mass is 35.5. The zero-order valence-electron chi connectivity index (χ0n) is 18.1. The Hall–Kier alpha value is -3.12. The van der Waals surface area contributed by atoms with Gasteiger partial charge in [-0.3, -0.25) is 4.79 Å². The van der Waals surface area contributed by atoms with Gasteiger partial charge in [-0.05, 0) is 61.1 Å². The lowest BCUT2D eigenvalue weighted by Crippen LogP contribution is -2.37. The Labute approximate surface area is 196 Å². The summed E-state index contributed by atoms with van der Waals surface area (Å²) in [5.74, 6) is -2.38. The molecule has 1 aliphatic carbocycles. The quantitative estimate of drug-likeness (QED) is 0.422. The highest BCUT2D eigenvalue weighted by Gasteiger charge is 2.40. The van der Waals surface area contributed by atoms with E-state index in [1.807, 2.05) is 49.4 Å². The molecule has 1 saturated carbocycles. The van der Waals surface area contributed by atoms with Gasteiger partial charge in [0.15, 0.2) is 11.6 Å². The molecule has 0 aliphatic heterocycles. The number of benzene rings is 3. The molecule has 0 unspecified atom stereocenters. The Morgan fingerprint density at radius 3 is 2.55 bits per heavy atom. The standard InChI is InChI=1S/C26H24ClFO5/c1-26(25(31)32-15-17-7-4-6-16-5-2-3-8-19(16)17)11-9-18(10-12-26)33-23-13-20(24(29)30)21(27)14-22(23)28/h2-8,13-14,18H,9-12,15H2,1H3,(H,29,30). The van der Waals surface area contributed by atoms with Crippen LogP contribution in [0.5, 0.6) is 5.75 Å². The molecule has 0 bridgehead atoms. The largest absolute Gasteiger partial charge is 0.487 e. The van der Waals surface area contributed by atoms with Gasteiger partial charge in [-0.25, -0.2) is 9.18 Å². The molecule has 0 radical (unpaired) electrons. The van der Waals surface area contributed by atoms with Crippen LogP contribution in [0, 0.1) is 11.2 Å². The van der Waals surface area contributed by atoms with Crippen molar-refractivity contribution < 1.29 is 28.6 Å². The monoisotopic (exact) mass is 470 g/mol. The summed E-state index contributed by atoms with van der Waals surface area (Å²) in [6.07, 6.45) is 1.75. The van der Waals surface area contributed by atoms with Gasteiger partial charge in [-0.15, -0.1) is 0 Å². The van der Waals surface area contributed by atoms with Crippen molar-refractivity contribution in [2.75, 3.05) is 0 Å². The van der Waals surface area contributed by atoms with Crippen molar-refractivity contribution in [2.45, 2.75) is 45.3 Å². The second-order valence-corrected chi connectivity index (χ2v) is 9.07. The van der Waals surface area contributed by atoms with Crippen LogP contribution in [0.15, 0.2) is 54.6 Å². The van der Waals surface area contributed by atoms with E-state index in [1.165, 1.54) is 0 Å². The molecule has 3 aromatic rings. The minimum absolute atomic E-state index is 0.149. The molecule has 0 amide bonds. The van der Waals surface area contributed by atoms with Gasteiger partial charge < -0.3 is 14.6 Å². The molecule has 3 aromatic carbocycles. The summed E-state index contributed by atoms with van der Waals surface area (Å²) < 4.78 is 25.6. The number of ether oxygens (including phenoxy) is 2. The third kappa shape index (κ3) is 4.96. The molecule has 7 heteroatoms. The summed E-state index contributed by atoms with van der Waals surface area (Å²) in [7, 11) is 0. The lowest BCUT2D eigenvalue weighted by atomic mass is 9.74. The van der Waals surface area contributed by atoms with Gasteiger partial charge in [-0.2, -0.15) is 0 Å². The molecule has 0 saturated heterocycles. The van der Waals surface area contributed by atoms with Gasteiger partial charge in [0.25, 0.3) is 0 Å². The molecular weight excluding hydrogens is 447 g/mol. The Balaban J connectivity index is 1.37. The zero-order valence-corrected chi connectivity index (χ0v) is 18.9. The number of halogens is 2. The van der Waals surface area contributed by atoms with Gasteiger partial charge in [0.05, 0.1) is 22.1 Å². The zero-order chi connectivity index (χ0) is 23.6. The van der Waals surface area contributed by atoms with E-state index in [-0.39, 0.29) is 35.0 Å². The molecule has 5 nitrogen and oxygen atoms in total. The van der Waals surface area contributed by atoms with Crippen molar-refractivity contribution in [1.29, 1.82) is 0 Å². The van der Waals surface area contributed by atoms with E-state index in [1.54, 1.807) is 0 Å². The highest BCUT2D eigenvalue weighted by Crippen LogP contribution is 2.39. The number of rotatable bonds is 6. The molecule has 1 fully saturated rings. The highest BCUT2D eigenvalue weighted by molar-refractivity contribution is 6.33. The van der Waals surface area contributed by atoms with Gasteiger partial charge in [-0.1, -0.05) is 54.1 Å². The summed E-state index contributed by atoms with van der Waals surface area (Å²) in [6.45, 7) is 2.07. The van der Waals surface area contributed by atoms with Crippen molar-refractivity contribution in [1.82, 2.24) is 0 Å². The predicted octanol–water partition coefficient (Wildman–Crippen LogP) is 6.40. The second-order valence-electron chi connectivity index (χ2n) is 8.66. The summed E-state index contributed by atoms with van der Waals surface area (Å²) in [5, 5.41) is 11.2. The maximum atomic E-state index is 14.2. The lowest BCUT2D eigenvalue weighted by Gasteiger charge is -2.35. The summed E-state index contributed by atoms with van der Waals surface area (Å²) in [4.78, 5) is 24.2. The molecule has 33 heavy (non-hydrogen) atoms. The molecule has 4 rings (SSSR count). The van der Waals surface area contributed by atoms with Crippen LogP contribution in [0.1, 0.15) is 48.5 Å². The van der Waals surface area contributed by atoms with E-state index in [2.05, 4.69) is 0 Å². The van der Waals surface area contributed by atoms with Crippen molar-refractivity contribution in [3.05, 3.63) is 76.6 Å². The Morgan fingerprint density at radius 2 is 1.82 bits per heavy atom. The van der Waals surface area contributed by atoms with Crippen LogP contribution >= 0.6 is 11.6 Å². The van der Waals surface area contributed by atoms with Crippen LogP contribution in [0.3, 0.4) is 0 Å². The maximum Gasteiger partial charge on any atom is 0.337 e. The average Bonchev–Trinajstić information content (AvgIpc) is 2.80. The van der Waals surface area contributed by atoms with Crippen LogP contribution in [0.25, 0.3) is 10.8 Å². The van der Waals surface area contributed by atoms with E-state index in [0.717, 1.165) is 28.5 Å². The predicted molar refractivity (Wildman–Crippen MR) is 123 cm³/mol. The number of carbonyl (C=O) groups is 2. The fourth-order valence-corrected chi connectivity index (χ4v) is 4.48. The van der Waals surface area contributed by atoms with Gasteiger partial charge in [0.2, 0.25) is 0 Å². The molecule has 0 aromatic heterocycles. The third-order valence-corrected chi connectivity index (χ3v) is 6.63. The normalized spacial score (nSPS) is 20.4. The van der Waals surface area contributed by atoms with Crippen LogP contribution in [0.2, 0.25) is 5.02 Å². The first-order valence-corrected chi connectivity index (χ1v) is 11.2. The summed E-state index contributed by atoms with van der Waals surface area (Å²) >= 11 is 5.79. The second kappa shape index (κ2) is 9.40. The number of carboxylic acids is 1. The maximum absolute atomic E-state index is 14.2. The minimum Gasteiger partial charge on any atom is -0.487 e. The Morgan fingerprint density at radius 1 is 1.12 bits per heavy atom. The molecule has 0 spiro atoms. The number of carboxylic acid groups (broad SMARTS) is 1. The third-order valence-electron chi connectivity index (χ3n) is 6.31. The number of hydrogen-bond donors (Lipinski definition) is 1. The van der Waals surface area contributed by atoms with Crippen molar-refractivity contribution in [2.24, 2.45) is 5.41 Å². The summed E-state index contributed by atoms with van der Waals surface area (Å²) in [5.41, 5.74) is 0.0788. The number of esters is 1. The minimum atomic E-state index is -1.25. The molecule has 172 valence electrons. The van der Waals surface area contributed by atoms with Crippen molar-refractivity contribution >= 4 is 34.3 Å². The summed E-state index contributed by atoms with van der Waals surface area (Å²) in [6, 6.07) is 15.9. The first-order chi connectivity index (χ1) is 15.8. The van der Waals surface area contributed by atoms with E-state index in [4.69, 9.17) is 21.1 Å². The van der Waals surface area contributed by atoms with E-state index >= 15 is 0 Å². The Bertz CT molecular complexity index is 1200. The fourth-order valence-electron chi connectivity index (χ4n) is 4.25. The molecule has 1 N–H and O–H groups in total. The number of fused-ring (bicyclic) bond motifs is 1. The van der Waals surface area contributed by atoms with Gasteiger partial charge in [0, 0.05) is 0 Å². The number of aromatic carboxylic acids is 1. The molecular formula is C26H24ClFO5. The van der Waals surface area contributed by atoms with Crippen LogP contribution < -0.4 is 4.74 Å². The van der Waals surface area contributed by atoms with Crippen molar-refractivity contribution in [3.8, 4) is 5.75 Å².